The van der Waals surface area contributed by atoms with E-state index < -0.39 is 34.1 Å². The van der Waals surface area contributed by atoms with Gasteiger partial charge in [-0.2, -0.15) is 17.4 Å². The van der Waals surface area contributed by atoms with E-state index in [4.69, 9.17) is 5.73 Å². The molecule has 2 atom stereocenters. The number of rotatable bonds is 9. The average Bonchev–Trinajstić information content (AvgIpc) is 3.29. The van der Waals surface area contributed by atoms with Gasteiger partial charge in [0.1, 0.15) is 18.4 Å². The molecule has 1 aromatic heterocycles. The van der Waals surface area contributed by atoms with Crippen molar-refractivity contribution < 1.29 is 18.0 Å². The summed E-state index contributed by atoms with van der Waals surface area (Å²) >= 11 is 0. The molecule has 3 rings (SSSR count). The molecule has 0 saturated carbocycles. The molecule has 1 aliphatic heterocycles. The van der Waals surface area contributed by atoms with Crippen LogP contribution >= 0.6 is 0 Å². The van der Waals surface area contributed by atoms with Crippen LogP contribution in [0.25, 0.3) is 0 Å². The van der Waals surface area contributed by atoms with E-state index in [-0.39, 0.29) is 6.42 Å². The van der Waals surface area contributed by atoms with Gasteiger partial charge in [0, 0.05) is 38.6 Å². The first-order valence-corrected chi connectivity index (χ1v) is 11.4. The third kappa shape index (κ3) is 5.67. The topological polar surface area (TPSA) is 143 Å². The lowest BCUT2D eigenvalue weighted by Crippen LogP contribution is -2.61. The lowest BCUT2D eigenvalue weighted by atomic mass is 10.1. The molecule has 31 heavy (non-hydrogen) atoms. The Balaban J connectivity index is 1.93. The second-order valence-electron chi connectivity index (χ2n) is 7.22. The Hall–Kier alpha value is -2.80. The van der Waals surface area contributed by atoms with Crippen molar-refractivity contribution in [1.82, 2.24) is 24.0 Å². The summed E-state index contributed by atoms with van der Waals surface area (Å²) in [7, 11) is -3.94. The van der Waals surface area contributed by atoms with Crippen LogP contribution in [0.15, 0.2) is 49.1 Å². The lowest BCUT2D eigenvalue weighted by Gasteiger charge is -2.33. The molecular weight excluding hydrogens is 422 g/mol. The number of benzene rings is 1. The van der Waals surface area contributed by atoms with E-state index in [1.807, 2.05) is 6.07 Å². The van der Waals surface area contributed by atoms with Crippen LogP contribution in [0.2, 0.25) is 0 Å². The molecule has 12 heteroatoms. The van der Waals surface area contributed by atoms with Gasteiger partial charge in [-0.15, -0.1) is 0 Å². The SMILES string of the molecule is C[C@@H](C(N)=O)N(C(=O)[C@H](Cc1ccccc1)NS(=O)(=O)N1CCNCC1)n1ccnc1. The van der Waals surface area contributed by atoms with E-state index in [2.05, 4.69) is 15.0 Å². The summed E-state index contributed by atoms with van der Waals surface area (Å²) in [6.07, 6.45) is 4.39. The highest BCUT2D eigenvalue weighted by atomic mass is 32.2. The summed E-state index contributed by atoms with van der Waals surface area (Å²) in [5.74, 6) is -1.35. The highest BCUT2D eigenvalue weighted by molar-refractivity contribution is 7.87. The van der Waals surface area contributed by atoms with Crippen LogP contribution in [0.3, 0.4) is 0 Å². The minimum Gasteiger partial charge on any atom is -0.368 e. The van der Waals surface area contributed by atoms with Gasteiger partial charge in [-0.1, -0.05) is 30.3 Å². The molecule has 0 radical (unpaired) electrons. The molecule has 1 aromatic carbocycles. The number of nitrogens with two attached hydrogens (primary N) is 1. The zero-order chi connectivity index (χ0) is 22.4. The highest BCUT2D eigenvalue weighted by Gasteiger charge is 2.36. The molecule has 2 heterocycles. The van der Waals surface area contributed by atoms with Crippen molar-refractivity contribution in [2.45, 2.75) is 25.4 Å². The maximum absolute atomic E-state index is 13.6. The molecule has 1 aliphatic rings. The average molecular weight is 450 g/mol. The van der Waals surface area contributed by atoms with Crippen LogP contribution in [0, 0.1) is 0 Å². The van der Waals surface area contributed by atoms with Gasteiger partial charge in [0.05, 0.1) is 0 Å². The summed E-state index contributed by atoms with van der Waals surface area (Å²) in [6, 6.07) is 6.87. The van der Waals surface area contributed by atoms with Crippen molar-refractivity contribution in [3.05, 3.63) is 54.6 Å². The number of primary amides is 1. The molecule has 1 saturated heterocycles. The van der Waals surface area contributed by atoms with E-state index in [1.165, 1.54) is 34.6 Å². The first-order chi connectivity index (χ1) is 14.8. The Morgan fingerprint density at radius 2 is 1.94 bits per heavy atom. The molecule has 4 N–H and O–H groups in total. The second-order valence-corrected chi connectivity index (χ2v) is 8.92. The standard InChI is InChI=1S/C19H27N7O4S/c1-15(18(20)27)26(24-10-7-22-14-24)19(28)17(13-16-5-3-2-4-6-16)23-31(29,30)25-11-8-21-9-12-25/h2-7,10,14-15,17,21,23H,8-9,11-13H2,1H3,(H2,20,27)/t15-,17-/m0/s1. The number of amides is 2. The molecule has 1 fully saturated rings. The number of piperazine rings is 1. The Morgan fingerprint density at radius 1 is 1.26 bits per heavy atom. The number of carbonyl (C=O) groups excluding carboxylic acids is 2. The number of nitrogens with zero attached hydrogens (tertiary/aromatic N) is 4. The van der Waals surface area contributed by atoms with Crippen LogP contribution in [0.1, 0.15) is 12.5 Å². The maximum Gasteiger partial charge on any atom is 0.280 e. The van der Waals surface area contributed by atoms with E-state index >= 15 is 0 Å². The summed E-state index contributed by atoms with van der Waals surface area (Å²) in [6.45, 7) is 3.12. The number of hydrogen-bond donors (Lipinski definition) is 3. The van der Waals surface area contributed by atoms with E-state index in [0.717, 1.165) is 10.6 Å². The smallest absolute Gasteiger partial charge is 0.280 e. The fourth-order valence-electron chi connectivity index (χ4n) is 3.33. The van der Waals surface area contributed by atoms with E-state index in [1.54, 1.807) is 24.3 Å². The predicted molar refractivity (Wildman–Crippen MR) is 115 cm³/mol. The van der Waals surface area contributed by atoms with Crippen LogP contribution < -0.4 is 20.8 Å². The maximum atomic E-state index is 13.6. The minimum atomic E-state index is -3.94. The summed E-state index contributed by atoms with van der Waals surface area (Å²) < 4.78 is 31.2. The lowest BCUT2D eigenvalue weighted by molar-refractivity contribution is -0.126. The first kappa shape index (κ1) is 22.9. The summed E-state index contributed by atoms with van der Waals surface area (Å²) in [4.78, 5) is 29.4. The number of aromatic nitrogens is 2. The van der Waals surface area contributed by atoms with Crippen molar-refractivity contribution in [1.29, 1.82) is 0 Å². The van der Waals surface area contributed by atoms with Crippen molar-refractivity contribution in [2.24, 2.45) is 5.73 Å². The van der Waals surface area contributed by atoms with Gasteiger partial charge in [-0.05, 0) is 18.9 Å². The molecule has 0 bridgehead atoms. The fraction of sp³-hybridized carbons (Fsp3) is 0.421. The Bertz CT molecular complexity index is 976. The van der Waals surface area contributed by atoms with Crippen LogP contribution in [-0.4, -0.2) is 72.5 Å². The number of hydrogen-bond acceptors (Lipinski definition) is 6. The van der Waals surface area contributed by atoms with Gasteiger partial charge >= 0.3 is 0 Å². The molecule has 2 amide bonds. The number of carbonyl (C=O) groups is 2. The van der Waals surface area contributed by atoms with E-state index in [0.29, 0.717) is 26.2 Å². The van der Waals surface area contributed by atoms with Crippen LogP contribution in [0.5, 0.6) is 0 Å². The van der Waals surface area contributed by atoms with Gasteiger partial charge in [0.25, 0.3) is 16.1 Å². The third-order valence-electron chi connectivity index (χ3n) is 5.03. The zero-order valence-corrected chi connectivity index (χ0v) is 18.0. The van der Waals surface area contributed by atoms with Gasteiger partial charge in [-0.3, -0.25) is 9.59 Å². The zero-order valence-electron chi connectivity index (χ0n) is 17.2. The molecule has 11 nitrogen and oxygen atoms in total. The number of imidazole rings is 1. The minimum absolute atomic E-state index is 0.0989. The monoisotopic (exact) mass is 449 g/mol. The van der Waals surface area contributed by atoms with Crippen molar-refractivity contribution >= 4 is 22.0 Å². The Kier molecular flexibility index (Phi) is 7.38. The fourth-order valence-corrected chi connectivity index (χ4v) is 4.69. The van der Waals surface area contributed by atoms with Gasteiger partial charge in [0.2, 0.25) is 5.91 Å². The molecule has 0 spiro atoms. The Morgan fingerprint density at radius 3 is 2.52 bits per heavy atom. The summed E-state index contributed by atoms with van der Waals surface area (Å²) in [5, 5.41) is 4.21. The molecule has 0 unspecified atom stereocenters. The van der Waals surface area contributed by atoms with Gasteiger partial charge in [0.15, 0.2) is 0 Å². The molecule has 2 aromatic rings. The van der Waals surface area contributed by atoms with Crippen LogP contribution in [0.4, 0.5) is 0 Å². The van der Waals surface area contributed by atoms with Crippen molar-refractivity contribution in [2.75, 3.05) is 31.2 Å². The van der Waals surface area contributed by atoms with Gasteiger partial charge in [-0.25, -0.2) is 14.7 Å². The third-order valence-corrected chi connectivity index (χ3v) is 6.66. The normalized spacial score (nSPS) is 17.1. The quantitative estimate of drug-likeness (QED) is 0.428. The van der Waals surface area contributed by atoms with Gasteiger partial charge < -0.3 is 11.1 Å². The molecule has 168 valence electrons. The first-order valence-electron chi connectivity index (χ1n) is 9.92. The largest absolute Gasteiger partial charge is 0.368 e. The molecular formula is C19H27N7O4S. The highest BCUT2D eigenvalue weighted by Crippen LogP contribution is 2.11. The Labute approximate surface area is 181 Å². The van der Waals surface area contributed by atoms with E-state index in [9.17, 15) is 18.0 Å². The predicted octanol–water partition coefficient (Wildman–Crippen LogP) is -1.43. The van der Waals surface area contributed by atoms with Crippen molar-refractivity contribution in [3.63, 3.8) is 0 Å². The second kappa shape index (κ2) is 10.0. The number of nitrogens with one attached hydrogen (secondary N) is 2. The van der Waals surface area contributed by atoms with Crippen molar-refractivity contribution in [3.8, 4) is 0 Å². The molecule has 0 aliphatic carbocycles. The van der Waals surface area contributed by atoms with Crippen LogP contribution in [-0.2, 0) is 26.2 Å². The summed E-state index contributed by atoms with van der Waals surface area (Å²) in [5.41, 5.74) is 6.22.